The molecule has 0 atom stereocenters. The summed E-state index contributed by atoms with van der Waals surface area (Å²) in [6, 6.07) is 0. The van der Waals surface area contributed by atoms with Gasteiger partial charge in [0.05, 0.1) is 11.9 Å². The zero-order valence-corrected chi connectivity index (χ0v) is 12.8. The Labute approximate surface area is 119 Å². The molecule has 3 N–H and O–H groups in total. The lowest BCUT2D eigenvalue weighted by Gasteiger charge is -2.01. The molecular formula is C14H24BrNO2. The third-order valence-electron chi connectivity index (χ3n) is 2.21. The molecule has 4 heteroatoms. The van der Waals surface area contributed by atoms with E-state index in [0.717, 1.165) is 12.8 Å². The first kappa shape index (κ1) is 19.5. The van der Waals surface area contributed by atoms with Gasteiger partial charge in [0, 0.05) is 6.08 Å². The molecule has 0 amide bonds. The van der Waals surface area contributed by atoms with Gasteiger partial charge in [-0.25, -0.2) is 4.79 Å². The van der Waals surface area contributed by atoms with Crippen LogP contribution in [0.1, 0.15) is 45.4 Å². The van der Waals surface area contributed by atoms with Gasteiger partial charge in [-0.3, -0.25) is 0 Å². The predicted molar refractivity (Wildman–Crippen MR) is 80.1 cm³/mol. The number of hydrogen-bond donors (Lipinski definition) is 1. The molecular weight excluding hydrogens is 294 g/mol. The smallest absolute Gasteiger partial charge is 0.331 e. The molecule has 0 aliphatic carbocycles. The molecule has 0 bridgehead atoms. The predicted octanol–water partition coefficient (Wildman–Crippen LogP) is 4.01. The summed E-state index contributed by atoms with van der Waals surface area (Å²) < 4.78 is 5.02. The average Bonchev–Trinajstić information content (AvgIpc) is 2.33. The normalized spacial score (nSPS) is 9.44. The fourth-order valence-corrected chi connectivity index (χ4v) is 1.47. The van der Waals surface area contributed by atoms with Crippen LogP contribution in [-0.2, 0) is 9.53 Å². The highest BCUT2D eigenvalue weighted by molar-refractivity contribution is 9.09. The maximum atomic E-state index is 11.2. The number of alkyl halides is 1. The van der Waals surface area contributed by atoms with Gasteiger partial charge >= 0.3 is 5.97 Å². The molecule has 0 aliphatic rings. The lowest BCUT2D eigenvalue weighted by atomic mass is 10.1. The van der Waals surface area contributed by atoms with E-state index in [9.17, 15) is 4.79 Å². The lowest BCUT2D eigenvalue weighted by molar-refractivity contribution is -0.137. The Hall–Kier alpha value is -0.790. The summed E-state index contributed by atoms with van der Waals surface area (Å²) in [6.07, 6.45) is 10.1. The minimum Gasteiger partial charge on any atom is -0.463 e. The summed E-state index contributed by atoms with van der Waals surface area (Å²) in [7, 11) is 0. The van der Waals surface area contributed by atoms with Crippen LogP contribution in [0.3, 0.4) is 0 Å². The van der Waals surface area contributed by atoms with Crippen LogP contribution < -0.4 is 6.15 Å². The van der Waals surface area contributed by atoms with E-state index in [4.69, 9.17) is 4.74 Å². The van der Waals surface area contributed by atoms with Gasteiger partial charge in [-0.1, -0.05) is 66.8 Å². The maximum Gasteiger partial charge on any atom is 0.331 e. The van der Waals surface area contributed by atoms with E-state index in [1.807, 2.05) is 0 Å². The van der Waals surface area contributed by atoms with E-state index in [1.165, 1.54) is 37.8 Å². The van der Waals surface area contributed by atoms with Gasteiger partial charge in [-0.2, -0.15) is 0 Å². The summed E-state index contributed by atoms with van der Waals surface area (Å²) in [5, 5.41) is 0.615. The Balaban J connectivity index is 0. The number of esters is 1. The van der Waals surface area contributed by atoms with Crippen LogP contribution in [-0.4, -0.2) is 17.9 Å². The zero-order valence-electron chi connectivity index (χ0n) is 11.2. The van der Waals surface area contributed by atoms with Crippen LogP contribution in [0.15, 0.2) is 12.2 Å². The molecule has 0 rings (SSSR count). The molecule has 0 aliphatic heterocycles. The van der Waals surface area contributed by atoms with Crippen molar-refractivity contribution in [2.45, 2.75) is 45.4 Å². The van der Waals surface area contributed by atoms with Gasteiger partial charge in [0.2, 0.25) is 0 Å². The zero-order chi connectivity index (χ0) is 12.8. The summed E-state index contributed by atoms with van der Waals surface area (Å²) in [4.78, 5) is 11.2. The summed E-state index contributed by atoms with van der Waals surface area (Å²) in [5.41, 5.74) is 0. The molecule has 0 aromatic heterocycles. The van der Waals surface area contributed by atoms with Gasteiger partial charge in [-0.05, 0) is 12.5 Å². The molecule has 0 spiro atoms. The largest absolute Gasteiger partial charge is 0.463 e. The highest BCUT2D eigenvalue weighted by Crippen LogP contribution is 2.04. The highest BCUT2D eigenvalue weighted by atomic mass is 79.9. The number of hydrogen-bond acceptors (Lipinski definition) is 3. The third-order valence-corrected chi connectivity index (χ3v) is 2.49. The molecule has 0 heterocycles. The molecule has 0 radical (unpaired) electrons. The second-order valence-corrected chi connectivity index (χ2v) is 4.28. The van der Waals surface area contributed by atoms with Crippen molar-refractivity contribution in [2.75, 3.05) is 11.9 Å². The minimum absolute atomic E-state index is 0. The monoisotopic (exact) mass is 317 g/mol. The number of unbranched alkanes of at least 4 members (excludes halogenated alkanes) is 5. The van der Waals surface area contributed by atoms with E-state index in [0.29, 0.717) is 11.9 Å². The Morgan fingerprint density at radius 1 is 1.22 bits per heavy atom. The summed E-state index contributed by atoms with van der Waals surface area (Å²) >= 11 is 3.17. The van der Waals surface area contributed by atoms with Crippen LogP contribution in [0, 0.1) is 11.8 Å². The Morgan fingerprint density at radius 2 is 1.89 bits per heavy atom. The third kappa shape index (κ3) is 15.2. The highest BCUT2D eigenvalue weighted by Gasteiger charge is 1.95. The van der Waals surface area contributed by atoms with Crippen LogP contribution in [0.2, 0.25) is 0 Å². The fourth-order valence-electron chi connectivity index (χ4n) is 1.31. The van der Waals surface area contributed by atoms with Crippen LogP contribution >= 0.6 is 15.9 Å². The van der Waals surface area contributed by atoms with Gasteiger partial charge in [-0.15, -0.1) is 0 Å². The molecule has 3 nitrogen and oxygen atoms in total. The molecule has 0 aromatic rings. The van der Waals surface area contributed by atoms with Crippen LogP contribution in [0.25, 0.3) is 0 Å². The standard InChI is InChI=1S/C14H21BrO2.H3N/c1-2-3-4-5-6-10-13-17-14(16)11-8-7-9-12-15;/h8,11H,2-6,10,12-13H2,1H3;1H3. The molecule has 0 aromatic carbocycles. The van der Waals surface area contributed by atoms with Crippen molar-refractivity contribution in [2.24, 2.45) is 0 Å². The first-order valence-corrected chi connectivity index (χ1v) is 7.31. The van der Waals surface area contributed by atoms with Crippen LogP contribution in [0.5, 0.6) is 0 Å². The van der Waals surface area contributed by atoms with Crippen molar-refractivity contribution < 1.29 is 9.53 Å². The van der Waals surface area contributed by atoms with Gasteiger partial charge in [0.15, 0.2) is 0 Å². The van der Waals surface area contributed by atoms with Gasteiger partial charge < -0.3 is 10.9 Å². The topological polar surface area (TPSA) is 61.3 Å². The molecule has 18 heavy (non-hydrogen) atoms. The fraction of sp³-hybridized carbons (Fsp3) is 0.643. The molecule has 0 saturated heterocycles. The lowest BCUT2D eigenvalue weighted by Crippen LogP contribution is -2.02. The Kier molecular flexibility index (Phi) is 17.6. The van der Waals surface area contributed by atoms with Crippen molar-refractivity contribution in [1.82, 2.24) is 6.15 Å². The van der Waals surface area contributed by atoms with E-state index >= 15 is 0 Å². The number of carbonyl (C=O) groups excluding carboxylic acids is 1. The van der Waals surface area contributed by atoms with Crippen molar-refractivity contribution in [3.05, 3.63) is 12.2 Å². The van der Waals surface area contributed by atoms with Crippen molar-refractivity contribution in [3.63, 3.8) is 0 Å². The van der Waals surface area contributed by atoms with Gasteiger partial charge in [0.1, 0.15) is 0 Å². The molecule has 104 valence electrons. The second-order valence-electron chi connectivity index (χ2n) is 3.72. The number of rotatable bonds is 8. The Bertz CT molecular complexity index is 279. The van der Waals surface area contributed by atoms with Crippen molar-refractivity contribution >= 4 is 21.9 Å². The van der Waals surface area contributed by atoms with Crippen molar-refractivity contribution in [3.8, 4) is 11.8 Å². The van der Waals surface area contributed by atoms with Crippen LogP contribution in [0.4, 0.5) is 0 Å². The van der Waals surface area contributed by atoms with Gasteiger partial charge in [0.25, 0.3) is 0 Å². The second kappa shape index (κ2) is 16.2. The molecule has 0 saturated carbocycles. The number of halogens is 1. The van der Waals surface area contributed by atoms with E-state index in [2.05, 4.69) is 34.7 Å². The number of ether oxygens (including phenoxy) is 1. The number of carbonyl (C=O) groups is 1. The van der Waals surface area contributed by atoms with E-state index in [1.54, 1.807) is 0 Å². The first-order chi connectivity index (χ1) is 8.31. The quantitative estimate of drug-likeness (QED) is 0.242. The van der Waals surface area contributed by atoms with E-state index < -0.39 is 0 Å². The summed E-state index contributed by atoms with van der Waals surface area (Å²) in [6.45, 7) is 2.72. The first-order valence-electron chi connectivity index (χ1n) is 6.19. The minimum atomic E-state index is -0.303. The maximum absolute atomic E-state index is 11.2. The SMILES string of the molecule is CCCCCCCCOC(=O)C=CC#CCBr.N. The molecule has 0 fully saturated rings. The number of allylic oxidation sites excluding steroid dienone is 1. The molecule has 0 unspecified atom stereocenters. The average molecular weight is 318 g/mol. The Morgan fingerprint density at radius 3 is 2.56 bits per heavy atom. The summed E-state index contributed by atoms with van der Waals surface area (Å²) in [5.74, 6) is 5.18. The van der Waals surface area contributed by atoms with Crippen molar-refractivity contribution in [1.29, 1.82) is 0 Å². The van der Waals surface area contributed by atoms with E-state index in [-0.39, 0.29) is 12.1 Å².